The zero-order chi connectivity index (χ0) is 25.0. The lowest BCUT2D eigenvalue weighted by Crippen LogP contribution is -1.98. The summed E-state index contributed by atoms with van der Waals surface area (Å²) in [6.45, 7) is 0. The lowest BCUT2D eigenvalue weighted by Gasteiger charge is -2.09. The maximum Gasteiger partial charge on any atom is 0.226 e. The largest absolute Gasteiger partial charge is 0.309 e. The van der Waals surface area contributed by atoms with Gasteiger partial charge in [0, 0.05) is 27.6 Å². The van der Waals surface area contributed by atoms with Crippen LogP contribution in [0.15, 0.2) is 103 Å². The van der Waals surface area contributed by atoms with E-state index >= 15 is 0 Å². The van der Waals surface area contributed by atoms with Gasteiger partial charge in [-0.25, -0.2) is 4.98 Å². The minimum atomic E-state index is -0.298. The number of hydrogen-bond donors (Lipinski definition) is 0. The van der Waals surface area contributed by atoms with Gasteiger partial charge in [0.15, 0.2) is 11.6 Å². The minimum Gasteiger partial charge on any atom is -0.309 e. The Kier molecular flexibility index (Phi) is 3.53. The third-order valence-electron chi connectivity index (χ3n) is 5.32. The fraction of sp³-hybridized carbons (Fsp3) is 0. The first-order valence-electron chi connectivity index (χ1n) is 12.0. The lowest BCUT2D eigenvalue weighted by molar-refractivity contribution is 1.07. The van der Waals surface area contributed by atoms with Crippen molar-refractivity contribution >= 4 is 33.4 Å². The van der Waals surface area contributed by atoms with Gasteiger partial charge in [-0.3, -0.25) is 0 Å². The molecule has 0 aliphatic rings. The summed E-state index contributed by atoms with van der Waals surface area (Å²) in [7, 11) is 0. The SMILES string of the molecule is [2H]c1c([2H])c([2H])c2c(c1[2H])c1c(-c3nc(Cl)nc(-c4ccccc4)n3)cccc1n2-c1ccccc1. The van der Waals surface area contributed by atoms with Crippen LogP contribution >= 0.6 is 11.6 Å². The van der Waals surface area contributed by atoms with Gasteiger partial charge in [-0.2, -0.15) is 9.97 Å². The van der Waals surface area contributed by atoms with E-state index in [9.17, 15) is 0 Å². The smallest absolute Gasteiger partial charge is 0.226 e. The molecule has 0 amide bonds. The van der Waals surface area contributed by atoms with E-state index in [0.29, 0.717) is 39.0 Å². The topological polar surface area (TPSA) is 43.6 Å². The summed E-state index contributed by atoms with van der Waals surface area (Å²) in [5.41, 5.74) is 3.25. The molecule has 0 saturated carbocycles. The van der Waals surface area contributed by atoms with Crippen molar-refractivity contribution in [2.45, 2.75) is 0 Å². The van der Waals surface area contributed by atoms with Crippen LogP contribution in [0, 0.1) is 0 Å². The second-order valence-corrected chi connectivity index (χ2v) is 7.55. The van der Waals surface area contributed by atoms with Gasteiger partial charge in [-0.15, -0.1) is 0 Å². The van der Waals surface area contributed by atoms with Crippen LogP contribution in [0.1, 0.15) is 5.48 Å². The normalized spacial score (nSPS) is 13.0. The molecular weight excluding hydrogens is 416 g/mol. The molecule has 4 aromatic carbocycles. The van der Waals surface area contributed by atoms with Gasteiger partial charge in [0.1, 0.15) is 0 Å². The van der Waals surface area contributed by atoms with E-state index in [4.69, 9.17) is 22.1 Å². The molecule has 152 valence electrons. The van der Waals surface area contributed by atoms with E-state index in [0.717, 1.165) is 11.3 Å². The average Bonchev–Trinajstić information content (AvgIpc) is 3.27. The molecule has 0 fully saturated rings. The highest BCUT2D eigenvalue weighted by Crippen LogP contribution is 2.37. The molecule has 0 aliphatic carbocycles. The molecule has 0 saturated heterocycles. The molecule has 0 aliphatic heterocycles. The highest BCUT2D eigenvalue weighted by Gasteiger charge is 2.18. The van der Waals surface area contributed by atoms with E-state index in [-0.39, 0.29) is 29.5 Å². The van der Waals surface area contributed by atoms with Gasteiger partial charge in [-0.1, -0.05) is 78.8 Å². The van der Waals surface area contributed by atoms with Crippen LogP contribution in [0.2, 0.25) is 5.28 Å². The number of para-hydroxylation sites is 2. The van der Waals surface area contributed by atoms with Crippen molar-refractivity contribution in [2.75, 3.05) is 0 Å². The molecule has 0 bridgehead atoms. The average molecular weight is 437 g/mol. The first kappa shape index (κ1) is 14.9. The maximum absolute atomic E-state index is 8.78. The van der Waals surface area contributed by atoms with Crippen molar-refractivity contribution < 1.29 is 5.48 Å². The zero-order valence-corrected chi connectivity index (χ0v) is 17.4. The van der Waals surface area contributed by atoms with Gasteiger partial charge in [-0.05, 0) is 35.8 Å². The highest BCUT2D eigenvalue weighted by molar-refractivity contribution is 6.28. The number of rotatable bonds is 3. The van der Waals surface area contributed by atoms with Gasteiger partial charge >= 0.3 is 0 Å². The number of nitrogens with zero attached hydrogens (tertiary/aromatic N) is 4. The molecule has 0 atom stereocenters. The molecule has 0 spiro atoms. The van der Waals surface area contributed by atoms with Crippen LogP contribution in [0.25, 0.3) is 50.3 Å². The fourth-order valence-corrected chi connectivity index (χ4v) is 4.14. The predicted molar refractivity (Wildman–Crippen MR) is 130 cm³/mol. The number of aromatic nitrogens is 4. The molecule has 0 N–H and O–H groups in total. The van der Waals surface area contributed by atoms with Crippen LogP contribution in [0.3, 0.4) is 0 Å². The van der Waals surface area contributed by atoms with Crippen molar-refractivity contribution in [3.63, 3.8) is 0 Å². The Balaban J connectivity index is 1.77. The van der Waals surface area contributed by atoms with Crippen LogP contribution in [0.4, 0.5) is 0 Å². The molecule has 6 rings (SSSR count). The van der Waals surface area contributed by atoms with Crippen LogP contribution < -0.4 is 0 Å². The van der Waals surface area contributed by atoms with Gasteiger partial charge < -0.3 is 4.57 Å². The number of benzene rings is 4. The molecule has 6 aromatic rings. The summed E-state index contributed by atoms with van der Waals surface area (Å²) >= 11 is 6.33. The minimum absolute atomic E-state index is 0.0320. The van der Waals surface area contributed by atoms with E-state index in [2.05, 4.69) is 9.97 Å². The van der Waals surface area contributed by atoms with Crippen molar-refractivity contribution in [1.29, 1.82) is 0 Å². The van der Waals surface area contributed by atoms with Gasteiger partial charge in [0.25, 0.3) is 0 Å². The van der Waals surface area contributed by atoms with E-state index in [1.807, 2.05) is 83.4 Å². The first-order valence-corrected chi connectivity index (χ1v) is 10.4. The summed E-state index contributed by atoms with van der Waals surface area (Å²) in [5.74, 6) is 0.732. The quantitative estimate of drug-likeness (QED) is 0.301. The fourth-order valence-electron chi connectivity index (χ4n) is 3.98. The Bertz CT molecular complexity index is 1790. The van der Waals surface area contributed by atoms with Crippen molar-refractivity contribution in [3.05, 3.63) is 108 Å². The lowest BCUT2D eigenvalue weighted by atomic mass is 10.1. The van der Waals surface area contributed by atoms with Crippen LogP contribution in [-0.2, 0) is 0 Å². The molecule has 0 radical (unpaired) electrons. The molecule has 5 heteroatoms. The Morgan fingerprint density at radius 1 is 0.688 bits per heavy atom. The van der Waals surface area contributed by atoms with Crippen molar-refractivity contribution in [2.24, 2.45) is 0 Å². The summed E-state index contributed by atoms with van der Waals surface area (Å²) in [4.78, 5) is 13.4. The zero-order valence-electron chi connectivity index (χ0n) is 20.7. The van der Waals surface area contributed by atoms with E-state index in [1.54, 1.807) is 0 Å². The third-order valence-corrected chi connectivity index (χ3v) is 5.49. The highest BCUT2D eigenvalue weighted by atomic mass is 35.5. The summed E-state index contributed by atoms with van der Waals surface area (Å²) < 4.78 is 36.0. The van der Waals surface area contributed by atoms with E-state index in [1.165, 1.54) is 0 Å². The molecule has 2 aromatic heterocycles. The summed E-state index contributed by atoms with van der Waals surface area (Å²) in [6.07, 6.45) is 0. The summed E-state index contributed by atoms with van der Waals surface area (Å²) in [5, 5.41) is 1.04. The Morgan fingerprint density at radius 2 is 1.41 bits per heavy atom. The Hall–Kier alpha value is -4.02. The van der Waals surface area contributed by atoms with Crippen LogP contribution in [-0.4, -0.2) is 19.5 Å². The summed E-state index contributed by atoms with van der Waals surface area (Å²) in [6, 6.07) is 23.7. The second kappa shape index (κ2) is 7.59. The monoisotopic (exact) mass is 436 g/mol. The molecule has 32 heavy (non-hydrogen) atoms. The first-order chi connectivity index (χ1) is 17.5. The number of fused-ring (bicyclic) bond motifs is 3. The maximum atomic E-state index is 8.78. The van der Waals surface area contributed by atoms with Crippen molar-refractivity contribution in [1.82, 2.24) is 19.5 Å². The second-order valence-electron chi connectivity index (χ2n) is 7.21. The Morgan fingerprint density at radius 3 is 2.22 bits per heavy atom. The third kappa shape index (κ3) is 3.04. The molecule has 0 unspecified atom stereocenters. The van der Waals surface area contributed by atoms with Crippen LogP contribution in [0.5, 0.6) is 0 Å². The van der Waals surface area contributed by atoms with Crippen molar-refractivity contribution in [3.8, 4) is 28.5 Å². The van der Waals surface area contributed by atoms with Gasteiger partial charge in [0.2, 0.25) is 5.28 Å². The molecule has 2 heterocycles. The van der Waals surface area contributed by atoms with Gasteiger partial charge in [0.05, 0.1) is 16.5 Å². The number of halogens is 1. The number of hydrogen-bond acceptors (Lipinski definition) is 3. The Labute approximate surface area is 195 Å². The van der Waals surface area contributed by atoms with E-state index < -0.39 is 0 Å². The predicted octanol–water partition coefficient (Wildman–Crippen LogP) is 6.96. The molecular formula is C27H17ClN4. The molecule has 4 nitrogen and oxygen atoms in total. The standard InChI is InChI=1S/C27H17ClN4/c28-27-30-25(18-10-3-1-4-11-18)29-26(31-27)21-15-9-17-23-24(21)20-14-7-8-16-22(20)32(23)19-12-5-2-6-13-19/h1-17H/i7D,8D,14D,16D.